The van der Waals surface area contributed by atoms with E-state index in [9.17, 15) is 0 Å². The lowest BCUT2D eigenvalue weighted by Crippen LogP contribution is -2.13. The number of rotatable bonds is 6. The number of methoxy groups -OCH3 is 2. The summed E-state index contributed by atoms with van der Waals surface area (Å²) in [5.74, 6) is 2.29. The summed E-state index contributed by atoms with van der Waals surface area (Å²) in [6.07, 6.45) is 0. The predicted octanol–water partition coefficient (Wildman–Crippen LogP) is 2.34. The summed E-state index contributed by atoms with van der Waals surface area (Å²) >= 11 is 6.28. The summed E-state index contributed by atoms with van der Waals surface area (Å²) in [7, 11) is 3.13. The van der Waals surface area contributed by atoms with E-state index in [4.69, 9.17) is 25.6 Å². The standard InChI is InChI=1S/C13H16ClN3O3/c1-8-16-11(20-17-8)7-15-6-9-4-5-10(18-2)13(19-3)12(9)14/h4-5,15H,6-7H2,1-3H3. The zero-order valence-corrected chi connectivity index (χ0v) is 12.3. The smallest absolute Gasteiger partial charge is 0.240 e. The first-order valence-electron chi connectivity index (χ1n) is 6.05. The molecule has 1 aromatic heterocycles. The van der Waals surface area contributed by atoms with Crippen LogP contribution in [0, 0.1) is 6.92 Å². The third kappa shape index (κ3) is 3.20. The van der Waals surface area contributed by atoms with Gasteiger partial charge in [-0.05, 0) is 18.6 Å². The van der Waals surface area contributed by atoms with Crippen LogP contribution < -0.4 is 14.8 Å². The third-order valence-electron chi connectivity index (χ3n) is 2.73. The number of nitrogens with zero attached hydrogens (tertiary/aromatic N) is 2. The second kappa shape index (κ2) is 6.58. The van der Waals surface area contributed by atoms with Crippen molar-refractivity contribution in [1.82, 2.24) is 15.5 Å². The molecule has 0 aliphatic rings. The second-order valence-corrected chi connectivity index (χ2v) is 4.49. The Balaban J connectivity index is 2.02. The minimum Gasteiger partial charge on any atom is -0.493 e. The van der Waals surface area contributed by atoms with Crippen LogP contribution in [0.25, 0.3) is 0 Å². The Hall–Kier alpha value is -1.79. The molecule has 0 amide bonds. The van der Waals surface area contributed by atoms with Gasteiger partial charge < -0.3 is 19.3 Å². The molecule has 1 aromatic carbocycles. The van der Waals surface area contributed by atoms with Crippen LogP contribution in [0.3, 0.4) is 0 Å². The van der Waals surface area contributed by atoms with Crippen molar-refractivity contribution in [3.05, 3.63) is 34.4 Å². The molecule has 6 nitrogen and oxygen atoms in total. The van der Waals surface area contributed by atoms with Crippen molar-refractivity contribution in [2.24, 2.45) is 0 Å². The number of nitrogens with one attached hydrogen (secondary N) is 1. The van der Waals surface area contributed by atoms with Gasteiger partial charge in [0.2, 0.25) is 5.89 Å². The molecule has 1 N–H and O–H groups in total. The van der Waals surface area contributed by atoms with Crippen molar-refractivity contribution < 1.29 is 14.0 Å². The van der Waals surface area contributed by atoms with Gasteiger partial charge in [0.25, 0.3) is 0 Å². The molecule has 108 valence electrons. The third-order valence-corrected chi connectivity index (χ3v) is 3.14. The Bertz CT molecular complexity index is 586. The fourth-order valence-corrected chi connectivity index (χ4v) is 2.08. The van der Waals surface area contributed by atoms with Crippen molar-refractivity contribution in [3.8, 4) is 11.5 Å². The summed E-state index contributed by atoms with van der Waals surface area (Å²) in [5, 5.41) is 7.43. The maximum absolute atomic E-state index is 6.28. The van der Waals surface area contributed by atoms with Gasteiger partial charge in [0.1, 0.15) is 0 Å². The van der Waals surface area contributed by atoms with E-state index < -0.39 is 0 Å². The summed E-state index contributed by atoms with van der Waals surface area (Å²) in [4.78, 5) is 4.11. The number of benzene rings is 1. The summed E-state index contributed by atoms with van der Waals surface area (Å²) in [6, 6.07) is 3.70. The van der Waals surface area contributed by atoms with E-state index in [-0.39, 0.29) is 0 Å². The van der Waals surface area contributed by atoms with Crippen LogP contribution in [0.1, 0.15) is 17.3 Å². The van der Waals surface area contributed by atoms with Gasteiger partial charge in [-0.2, -0.15) is 4.98 Å². The second-order valence-electron chi connectivity index (χ2n) is 4.11. The van der Waals surface area contributed by atoms with Crippen LogP contribution in [-0.4, -0.2) is 24.4 Å². The molecule has 1 heterocycles. The van der Waals surface area contributed by atoms with Crippen LogP contribution in [0.2, 0.25) is 5.02 Å². The SMILES string of the molecule is COc1ccc(CNCc2nc(C)no2)c(Cl)c1OC. The normalized spacial score (nSPS) is 10.6. The van der Waals surface area contributed by atoms with Crippen molar-refractivity contribution >= 4 is 11.6 Å². The van der Waals surface area contributed by atoms with Gasteiger partial charge in [-0.15, -0.1) is 0 Å². The van der Waals surface area contributed by atoms with Crippen LogP contribution >= 0.6 is 11.6 Å². The average Bonchev–Trinajstić information content (AvgIpc) is 2.86. The van der Waals surface area contributed by atoms with Gasteiger partial charge in [0, 0.05) is 6.54 Å². The first-order chi connectivity index (χ1) is 9.65. The fraction of sp³-hybridized carbons (Fsp3) is 0.385. The van der Waals surface area contributed by atoms with E-state index in [1.54, 1.807) is 21.1 Å². The zero-order chi connectivity index (χ0) is 14.5. The molecule has 0 aliphatic carbocycles. The summed E-state index contributed by atoms with van der Waals surface area (Å²) in [5.41, 5.74) is 0.903. The van der Waals surface area contributed by atoms with Gasteiger partial charge in [-0.3, -0.25) is 0 Å². The molecule has 0 saturated carbocycles. The summed E-state index contributed by atoms with van der Waals surface area (Å²) in [6.45, 7) is 2.81. The highest BCUT2D eigenvalue weighted by Gasteiger charge is 2.13. The minimum absolute atomic E-state index is 0.478. The number of hydrogen-bond donors (Lipinski definition) is 1. The lowest BCUT2D eigenvalue weighted by atomic mass is 10.2. The first-order valence-corrected chi connectivity index (χ1v) is 6.42. The Morgan fingerprint density at radius 1 is 1.25 bits per heavy atom. The van der Waals surface area contributed by atoms with Gasteiger partial charge in [-0.25, -0.2) is 0 Å². The topological polar surface area (TPSA) is 69.4 Å². The highest BCUT2D eigenvalue weighted by molar-refractivity contribution is 6.33. The van der Waals surface area contributed by atoms with Gasteiger partial charge in [0.15, 0.2) is 17.3 Å². The van der Waals surface area contributed by atoms with E-state index in [2.05, 4.69) is 15.5 Å². The molecule has 0 saturated heterocycles. The highest BCUT2D eigenvalue weighted by atomic mass is 35.5. The van der Waals surface area contributed by atoms with Crippen LogP contribution in [-0.2, 0) is 13.1 Å². The van der Waals surface area contributed by atoms with E-state index in [0.29, 0.717) is 41.3 Å². The van der Waals surface area contributed by atoms with E-state index in [1.807, 2.05) is 12.1 Å². The Morgan fingerprint density at radius 2 is 2.05 bits per heavy atom. The number of hydrogen-bond acceptors (Lipinski definition) is 6. The van der Waals surface area contributed by atoms with E-state index in [1.165, 1.54) is 0 Å². The monoisotopic (exact) mass is 297 g/mol. The van der Waals surface area contributed by atoms with Crippen molar-refractivity contribution in [3.63, 3.8) is 0 Å². The van der Waals surface area contributed by atoms with Gasteiger partial charge >= 0.3 is 0 Å². The van der Waals surface area contributed by atoms with E-state index in [0.717, 1.165) is 5.56 Å². The zero-order valence-electron chi connectivity index (χ0n) is 11.6. The molecule has 20 heavy (non-hydrogen) atoms. The van der Waals surface area contributed by atoms with Crippen LogP contribution in [0.5, 0.6) is 11.5 Å². The average molecular weight is 298 g/mol. The van der Waals surface area contributed by atoms with Crippen molar-refractivity contribution in [1.29, 1.82) is 0 Å². The van der Waals surface area contributed by atoms with Crippen LogP contribution in [0.4, 0.5) is 0 Å². The molecule has 2 rings (SSSR count). The Kier molecular flexibility index (Phi) is 4.81. The quantitative estimate of drug-likeness (QED) is 0.882. The Morgan fingerprint density at radius 3 is 2.65 bits per heavy atom. The molecule has 0 spiro atoms. The van der Waals surface area contributed by atoms with Crippen molar-refractivity contribution in [2.45, 2.75) is 20.0 Å². The molecule has 0 atom stereocenters. The number of halogens is 1. The molecule has 0 bridgehead atoms. The first kappa shape index (κ1) is 14.6. The Labute approximate surface area is 122 Å². The molecular weight excluding hydrogens is 282 g/mol. The number of aromatic nitrogens is 2. The predicted molar refractivity (Wildman–Crippen MR) is 74.1 cm³/mol. The molecule has 0 radical (unpaired) electrons. The van der Waals surface area contributed by atoms with Gasteiger partial charge in [-0.1, -0.05) is 22.8 Å². The molecule has 7 heteroatoms. The molecule has 0 fully saturated rings. The van der Waals surface area contributed by atoms with Crippen molar-refractivity contribution in [2.75, 3.05) is 14.2 Å². The number of ether oxygens (including phenoxy) is 2. The van der Waals surface area contributed by atoms with E-state index >= 15 is 0 Å². The molecule has 2 aromatic rings. The molecular formula is C13H16ClN3O3. The van der Waals surface area contributed by atoms with Crippen LogP contribution in [0.15, 0.2) is 16.7 Å². The maximum Gasteiger partial charge on any atom is 0.240 e. The summed E-state index contributed by atoms with van der Waals surface area (Å²) < 4.78 is 15.4. The fourth-order valence-electron chi connectivity index (χ4n) is 1.78. The van der Waals surface area contributed by atoms with Gasteiger partial charge in [0.05, 0.1) is 25.8 Å². The minimum atomic E-state index is 0.478. The highest BCUT2D eigenvalue weighted by Crippen LogP contribution is 2.37. The lowest BCUT2D eigenvalue weighted by Gasteiger charge is -2.12. The largest absolute Gasteiger partial charge is 0.493 e. The molecule has 0 aliphatic heterocycles. The lowest BCUT2D eigenvalue weighted by molar-refractivity contribution is 0.354. The molecule has 0 unspecified atom stereocenters. The maximum atomic E-state index is 6.28. The number of aryl methyl sites for hydroxylation is 1.